The molecule has 144 valence electrons. The number of likely N-dealkylation sites (N-methyl/N-ethyl adjacent to an activating group) is 1. The van der Waals surface area contributed by atoms with Gasteiger partial charge in [0.15, 0.2) is 0 Å². The van der Waals surface area contributed by atoms with Crippen molar-refractivity contribution in [2.75, 3.05) is 25.0 Å². The van der Waals surface area contributed by atoms with E-state index in [2.05, 4.69) is 17.6 Å². The summed E-state index contributed by atoms with van der Waals surface area (Å²) < 4.78 is 27.2. The van der Waals surface area contributed by atoms with E-state index in [-0.39, 0.29) is 25.0 Å². The number of nitrogens with zero attached hydrogens (tertiary/aromatic N) is 1. The maximum absolute atomic E-state index is 13.6. The number of anilines is 1. The lowest BCUT2D eigenvalue weighted by Crippen LogP contribution is -2.47. The van der Waals surface area contributed by atoms with Crippen LogP contribution in [0.25, 0.3) is 0 Å². The zero-order chi connectivity index (χ0) is 19.1. The molecule has 2 rings (SSSR count). The fourth-order valence-corrected chi connectivity index (χ4v) is 3.26. The molecule has 1 aliphatic carbocycles. The van der Waals surface area contributed by atoms with Gasteiger partial charge in [-0.1, -0.05) is 32.8 Å². The second kappa shape index (κ2) is 9.62. The zero-order valence-electron chi connectivity index (χ0n) is 15.4. The number of carbonyl (C=O) groups excluding carboxylic acids is 2. The minimum absolute atomic E-state index is 0.0763. The molecular formula is C19H27F2N3O2. The van der Waals surface area contributed by atoms with E-state index in [4.69, 9.17) is 0 Å². The predicted octanol–water partition coefficient (Wildman–Crippen LogP) is 2.92. The molecule has 2 atom stereocenters. The highest BCUT2D eigenvalue weighted by Gasteiger charge is 2.24. The van der Waals surface area contributed by atoms with Gasteiger partial charge in [-0.3, -0.25) is 14.5 Å². The Kier molecular flexibility index (Phi) is 7.50. The van der Waals surface area contributed by atoms with Crippen molar-refractivity contribution in [3.63, 3.8) is 0 Å². The first-order valence-corrected chi connectivity index (χ1v) is 9.16. The summed E-state index contributed by atoms with van der Waals surface area (Å²) in [5, 5.41) is 5.28. The first-order chi connectivity index (χ1) is 12.4. The van der Waals surface area contributed by atoms with Gasteiger partial charge in [-0.2, -0.15) is 0 Å². The third-order valence-electron chi connectivity index (χ3n) is 4.87. The Hall–Kier alpha value is -2.02. The smallest absolute Gasteiger partial charge is 0.238 e. The minimum atomic E-state index is -0.828. The molecular weight excluding hydrogens is 340 g/mol. The molecule has 5 nitrogen and oxygen atoms in total. The first kappa shape index (κ1) is 20.3. The number of halogens is 2. The molecule has 0 bridgehead atoms. The Balaban J connectivity index is 1.86. The summed E-state index contributed by atoms with van der Waals surface area (Å²) in [4.78, 5) is 26.0. The predicted molar refractivity (Wildman–Crippen MR) is 96.7 cm³/mol. The quantitative estimate of drug-likeness (QED) is 0.779. The van der Waals surface area contributed by atoms with Gasteiger partial charge < -0.3 is 10.6 Å². The molecule has 1 aromatic rings. The highest BCUT2D eigenvalue weighted by Crippen LogP contribution is 2.23. The summed E-state index contributed by atoms with van der Waals surface area (Å²) in [6.07, 6.45) is 4.40. The molecule has 1 saturated carbocycles. The summed E-state index contributed by atoms with van der Waals surface area (Å²) >= 11 is 0. The number of rotatable bonds is 7. The standard InChI is InChI=1S/C19H27F2N3O2/c1-3-24(11-17(25)22-16-10-5-4-7-13(16)2)12-18(26)23-19-14(20)8-6-9-15(19)21/h6,8-9,13,16H,3-5,7,10-12H2,1-2H3,(H,22,25)(H,23,26)/t13-,16+/m1/s1. The van der Waals surface area contributed by atoms with Gasteiger partial charge >= 0.3 is 0 Å². The van der Waals surface area contributed by atoms with Crippen LogP contribution in [0, 0.1) is 17.6 Å². The molecule has 7 heteroatoms. The first-order valence-electron chi connectivity index (χ1n) is 9.16. The molecule has 1 fully saturated rings. The maximum atomic E-state index is 13.6. The Bertz CT molecular complexity index is 619. The third-order valence-corrected chi connectivity index (χ3v) is 4.87. The number of nitrogens with one attached hydrogen (secondary N) is 2. The molecule has 0 aliphatic heterocycles. The van der Waals surface area contributed by atoms with Crippen LogP contribution in [0.15, 0.2) is 18.2 Å². The van der Waals surface area contributed by atoms with Crippen LogP contribution in [0.4, 0.5) is 14.5 Å². The number of hydrogen-bond acceptors (Lipinski definition) is 3. The van der Waals surface area contributed by atoms with Crippen LogP contribution in [-0.4, -0.2) is 42.4 Å². The summed E-state index contributed by atoms with van der Waals surface area (Å²) in [6.45, 7) is 4.40. The van der Waals surface area contributed by atoms with Crippen molar-refractivity contribution < 1.29 is 18.4 Å². The van der Waals surface area contributed by atoms with Crippen molar-refractivity contribution in [3.05, 3.63) is 29.8 Å². The Morgan fingerprint density at radius 3 is 2.35 bits per heavy atom. The van der Waals surface area contributed by atoms with E-state index in [1.54, 1.807) is 4.90 Å². The average Bonchev–Trinajstić information content (AvgIpc) is 2.59. The minimum Gasteiger partial charge on any atom is -0.352 e. The lowest BCUT2D eigenvalue weighted by molar-refractivity contribution is -0.124. The van der Waals surface area contributed by atoms with Gasteiger partial charge in [-0.25, -0.2) is 8.78 Å². The highest BCUT2D eigenvalue weighted by molar-refractivity contribution is 5.92. The molecule has 26 heavy (non-hydrogen) atoms. The van der Waals surface area contributed by atoms with Crippen LogP contribution < -0.4 is 10.6 Å². The number of hydrogen-bond donors (Lipinski definition) is 2. The van der Waals surface area contributed by atoms with Crippen LogP contribution in [-0.2, 0) is 9.59 Å². The van der Waals surface area contributed by atoms with Crippen molar-refractivity contribution >= 4 is 17.5 Å². The summed E-state index contributed by atoms with van der Waals surface area (Å²) in [7, 11) is 0. The molecule has 0 aromatic heterocycles. The molecule has 2 N–H and O–H groups in total. The van der Waals surface area contributed by atoms with Gasteiger partial charge in [0.2, 0.25) is 11.8 Å². The van der Waals surface area contributed by atoms with E-state index in [0.29, 0.717) is 12.5 Å². The van der Waals surface area contributed by atoms with E-state index in [9.17, 15) is 18.4 Å². The molecule has 0 spiro atoms. The van der Waals surface area contributed by atoms with Crippen molar-refractivity contribution in [3.8, 4) is 0 Å². The third kappa shape index (κ3) is 5.76. The van der Waals surface area contributed by atoms with Crippen molar-refractivity contribution in [1.29, 1.82) is 0 Å². The van der Waals surface area contributed by atoms with E-state index in [0.717, 1.165) is 31.4 Å². The van der Waals surface area contributed by atoms with Crippen molar-refractivity contribution in [1.82, 2.24) is 10.2 Å². The number of para-hydroxylation sites is 1. The molecule has 1 aromatic carbocycles. The molecule has 0 radical (unpaired) electrons. The van der Waals surface area contributed by atoms with Gasteiger partial charge in [-0.05, 0) is 37.4 Å². The normalized spacial score (nSPS) is 20.0. The summed E-state index contributed by atoms with van der Waals surface area (Å²) in [5.41, 5.74) is -0.464. The fourth-order valence-electron chi connectivity index (χ4n) is 3.26. The van der Waals surface area contributed by atoms with Gasteiger partial charge in [-0.15, -0.1) is 0 Å². The van der Waals surface area contributed by atoms with E-state index >= 15 is 0 Å². The number of amides is 2. The highest BCUT2D eigenvalue weighted by atomic mass is 19.1. The summed E-state index contributed by atoms with van der Waals surface area (Å²) in [6, 6.07) is 3.57. The van der Waals surface area contributed by atoms with Gasteiger partial charge in [0, 0.05) is 6.04 Å². The molecule has 0 unspecified atom stereocenters. The van der Waals surface area contributed by atoms with Crippen LogP contribution in [0.2, 0.25) is 0 Å². The van der Waals surface area contributed by atoms with E-state index < -0.39 is 23.2 Å². The Labute approximate surface area is 153 Å². The molecule has 0 heterocycles. The molecule has 1 aliphatic rings. The van der Waals surface area contributed by atoms with Crippen LogP contribution in [0.5, 0.6) is 0 Å². The van der Waals surface area contributed by atoms with Crippen LogP contribution >= 0.6 is 0 Å². The Morgan fingerprint density at radius 2 is 1.73 bits per heavy atom. The lowest BCUT2D eigenvalue weighted by Gasteiger charge is -2.30. The summed E-state index contributed by atoms with van der Waals surface area (Å²) in [5.74, 6) is -1.89. The topological polar surface area (TPSA) is 61.4 Å². The fraction of sp³-hybridized carbons (Fsp3) is 0.579. The van der Waals surface area contributed by atoms with Gasteiger partial charge in [0.25, 0.3) is 0 Å². The molecule has 0 saturated heterocycles. The van der Waals surface area contributed by atoms with Gasteiger partial charge in [0.1, 0.15) is 17.3 Å². The van der Waals surface area contributed by atoms with Crippen LogP contribution in [0.3, 0.4) is 0 Å². The Morgan fingerprint density at radius 1 is 1.12 bits per heavy atom. The molecule has 2 amide bonds. The van der Waals surface area contributed by atoms with E-state index in [1.165, 1.54) is 12.5 Å². The number of carbonyl (C=O) groups is 2. The second-order valence-corrected chi connectivity index (χ2v) is 6.88. The van der Waals surface area contributed by atoms with Crippen LogP contribution in [0.1, 0.15) is 39.5 Å². The van der Waals surface area contributed by atoms with Crippen molar-refractivity contribution in [2.45, 2.75) is 45.6 Å². The van der Waals surface area contributed by atoms with Crippen molar-refractivity contribution in [2.24, 2.45) is 5.92 Å². The lowest BCUT2D eigenvalue weighted by atomic mass is 9.86. The largest absolute Gasteiger partial charge is 0.352 e. The zero-order valence-corrected chi connectivity index (χ0v) is 15.4. The SMILES string of the molecule is CCN(CC(=O)Nc1c(F)cccc1F)CC(=O)N[C@H]1CCCC[C@H]1C. The average molecular weight is 367 g/mol. The maximum Gasteiger partial charge on any atom is 0.238 e. The second-order valence-electron chi connectivity index (χ2n) is 6.88. The monoisotopic (exact) mass is 367 g/mol. The van der Waals surface area contributed by atoms with E-state index in [1.807, 2.05) is 6.92 Å². The van der Waals surface area contributed by atoms with Gasteiger partial charge in [0.05, 0.1) is 13.1 Å². The number of benzene rings is 1.